The minimum Gasteiger partial charge on any atom is -0.381 e. The van der Waals surface area contributed by atoms with Crippen LogP contribution in [0.25, 0.3) is 0 Å². The van der Waals surface area contributed by atoms with Crippen molar-refractivity contribution in [2.45, 2.75) is 18.9 Å². The van der Waals surface area contributed by atoms with Crippen LogP contribution in [-0.4, -0.2) is 26.7 Å². The lowest BCUT2D eigenvalue weighted by molar-refractivity contribution is 0.624. The first-order valence-corrected chi connectivity index (χ1v) is 7.73. The number of nitrogens with one attached hydrogen (secondary N) is 1. The van der Waals surface area contributed by atoms with Gasteiger partial charge in [-0.25, -0.2) is 4.98 Å². The van der Waals surface area contributed by atoms with Crippen LogP contribution in [0, 0.1) is 0 Å². The summed E-state index contributed by atoms with van der Waals surface area (Å²) in [4.78, 5) is 4.06. The number of aromatic nitrogens is 1. The Morgan fingerprint density at radius 3 is 2.81 bits per heavy atom. The quantitative estimate of drug-likeness (QED) is 0.851. The van der Waals surface area contributed by atoms with Gasteiger partial charge in [-0.2, -0.15) is 0 Å². The molecule has 1 aliphatic rings. The summed E-state index contributed by atoms with van der Waals surface area (Å²) in [5.41, 5.74) is 0.953. The van der Waals surface area contributed by atoms with Gasteiger partial charge < -0.3 is 5.32 Å². The van der Waals surface area contributed by atoms with Crippen molar-refractivity contribution in [1.82, 2.24) is 4.98 Å². The minimum absolute atomic E-state index is 0.396. The van der Waals surface area contributed by atoms with Crippen LogP contribution in [0.15, 0.2) is 16.7 Å². The summed E-state index contributed by atoms with van der Waals surface area (Å²) in [5, 5.41) is 3.85. The Hall–Kier alpha value is -0.130. The summed E-state index contributed by atoms with van der Waals surface area (Å²) in [5.74, 6) is 1.58. The van der Waals surface area contributed by atoms with E-state index in [0.717, 1.165) is 34.5 Å². The lowest BCUT2D eigenvalue weighted by atomic mass is 10.1. The Kier molecular flexibility index (Phi) is 4.21. The first-order chi connectivity index (χ1) is 7.65. The summed E-state index contributed by atoms with van der Waals surface area (Å²) in [7, 11) is -0.613. The molecule has 1 aromatic heterocycles. The monoisotopic (exact) mass is 322 g/mol. The lowest BCUT2D eigenvalue weighted by Gasteiger charge is -2.23. The van der Waals surface area contributed by atoms with Crippen LogP contribution in [0.2, 0.25) is 5.15 Å². The van der Waals surface area contributed by atoms with Gasteiger partial charge in [0.05, 0.1) is 16.4 Å². The predicted molar refractivity (Wildman–Crippen MR) is 71.5 cm³/mol. The van der Waals surface area contributed by atoms with E-state index in [0.29, 0.717) is 11.2 Å². The molecule has 16 heavy (non-hydrogen) atoms. The van der Waals surface area contributed by atoms with Gasteiger partial charge in [0.2, 0.25) is 0 Å². The second-order valence-corrected chi connectivity index (χ2v) is 6.67. The van der Waals surface area contributed by atoms with Crippen molar-refractivity contribution >= 4 is 44.0 Å². The van der Waals surface area contributed by atoms with Gasteiger partial charge in [-0.05, 0) is 34.8 Å². The number of nitrogens with zero attached hydrogens (tertiary/aromatic N) is 1. The zero-order valence-electron chi connectivity index (χ0n) is 8.58. The molecule has 2 heterocycles. The summed E-state index contributed by atoms with van der Waals surface area (Å²) in [6, 6.07) is 2.31. The molecule has 0 amide bonds. The van der Waals surface area contributed by atoms with Crippen LogP contribution in [0.3, 0.4) is 0 Å². The van der Waals surface area contributed by atoms with E-state index in [1.807, 2.05) is 6.07 Å². The maximum absolute atomic E-state index is 11.2. The molecule has 0 bridgehead atoms. The van der Waals surface area contributed by atoms with Crippen molar-refractivity contribution in [2.24, 2.45) is 0 Å². The first kappa shape index (κ1) is 12.3. The number of halogens is 2. The third-order valence-corrected chi connectivity index (χ3v) is 5.07. The van der Waals surface area contributed by atoms with Gasteiger partial charge in [-0.1, -0.05) is 11.6 Å². The van der Waals surface area contributed by atoms with E-state index < -0.39 is 10.8 Å². The highest BCUT2D eigenvalue weighted by Crippen LogP contribution is 2.24. The molecule has 88 valence electrons. The average molecular weight is 324 g/mol. The fraction of sp³-hybridized carbons (Fsp3) is 0.500. The van der Waals surface area contributed by atoms with Crippen LogP contribution >= 0.6 is 27.5 Å². The van der Waals surface area contributed by atoms with Crippen molar-refractivity contribution in [3.05, 3.63) is 21.9 Å². The molecule has 0 unspecified atom stereocenters. The molecule has 2 rings (SSSR count). The smallest absolute Gasteiger partial charge is 0.143 e. The molecule has 0 atom stereocenters. The van der Waals surface area contributed by atoms with Crippen LogP contribution in [-0.2, 0) is 10.8 Å². The van der Waals surface area contributed by atoms with Crippen LogP contribution in [0.5, 0.6) is 0 Å². The largest absolute Gasteiger partial charge is 0.381 e. The van der Waals surface area contributed by atoms with E-state index in [2.05, 4.69) is 26.2 Å². The number of pyridine rings is 1. The molecule has 1 fully saturated rings. The Balaban J connectivity index is 1.98. The highest BCUT2D eigenvalue weighted by molar-refractivity contribution is 9.10. The SMILES string of the molecule is O=S1CCC(Nc2cnc(Cl)c(Br)c2)CC1. The molecule has 0 saturated carbocycles. The van der Waals surface area contributed by atoms with Crippen molar-refractivity contribution in [3.63, 3.8) is 0 Å². The number of hydrogen-bond donors (Lipinski definition) is 1. The molecule has 0 spiro atoms. The second-order valence-electron chi connectivity index (χ2n) is 3.76. The highest BCUT2D eigenvalue weighted by atomic mass is 79.9. The summed E-state index contributed by atoms with van der Waals surface area (Å²) in [6.07, 6.45) is 3.62. The summed E-state index contributed by atoms with van der Waals surface area (Å²) < 4.78 is 12.0. The van der Waals surface area contributed by atoms with E-state index >= 15 is 0 Å². The van der Waals surface area contributed by atoms with E-state index in [1.165, 1.54) is 0 Å². The van der Waals surface area contributed by atoms with E-state index in [1.54, 1.807) is 6.20 Å². The molecule has 0 radical (unpaired) electrons. The molecular formula is C10H12BrClN2OS. The minimum atomic E-state index is -0.613. The molecule has 0 aromatic carbocycles. The van der Waals surface area contributed by atoms with Crippen LogP contribution < -0.4 is 5.32 Å². The Morgan fingerprint density at radius 1 is 1.50 bits per heavy atom. The highest BCUT2D eigenvalue weighted by Gasteiger charge is 2.17. The maximum atomic E-state index is 11.2. The molecule has 1 aromatic rings. The first-order valence-electron chi connectivity index (χ1n) is 5.07. The van der Waals surface area contributed by atoms with Gasteiger partial charge in [-0.3, -0.25) is 4.21 Å². The average Bonchev–Trinajstić information content (AvgIpc) is 2.27. The van der Waals surface area contributed by atoms with Crippen molar-refractivity contribution in [1.29, 1.82) is 0 Å². The van der Waals surface area contributed by atoms with Crippen molar-refractivity contribution < 1.29 is 4.21 Å². The number of anilines is 1. The number of rotatable bonds is 2. The Bertz CT molecular complexity index is 406. The van der Waals surface area contributed by atoms with Crippen molar-refractivity contribution in [2.75, 3.05) is 16.8 Å². The lowest BCUT2D eigenvalue weighted by Crippen LogP contribution is -2.29. The number of hydrogen-bond acceptors (Lipinski definition) is 3. The standard InChI is InChI=1S/C10H12BrClN2OS/c11-9-5-8(6-13-10(9)12)14-7-1-3-16(15)4-2-7/h5-7,14H,1-4H2. The van der Waals surface area contributed by atoms with Gasteiger partial charge in [-0.15, -0.1) is 0 Å². The fourth-order valence-corrected chi connectivity index (χ4v) is 3.43. The van der Waals surface area contributed by atoms with Crippen LogP contribution in [0.4, 0.5) is 5.69 Å². The van der Waals surface area contributed by atoms with Gasteiger partial charge in [0, 0.05) is 28.3 Å². The molecule has 0 aliphatic carbocycles. The maximum Gasteiger partial charge on any atom is 0.143 e. The summed E-state index contributed by atoms with van der Waals surface area (Å²) in [6.45, 7) is 0. The zero-order valence-corrected chi connectivity index (χ0v) is 11.7. The van der Waals surface area contributed by atoms with Gasteiger partial charge in [0.1, 0.15) is 5.15 Å². The molecule has 6 heteroatoms. The van der Waals surface area contributed by atoms with E-state index in [-0.39, 0.29) is 0 Å². The van der Waals surface area contributed by atoms with Gasteiger partial charge in [0.15, 0.2) is 0 Å². The van der Waals surface area contributed by atoms with E-state index in [4.69, 9.17) is 11.6 Å². The topological polar surface area (TPSA) is 42.0 Å². The third-order valence-electron chi connectivity index (χ3n) is 2.56. The molecule has 1 saturated heterocycles. The molecule has 1 aliphatic heterocycles. The van der Waals surface area contributed by atoms with Crippen LogP contribution in [0.1, 0.15) is 12.8 Å². The zero-order chi connectivity index (χ0) is 11.5. The van der Waals surface area contributed by atoms with Crippen molar-refractivity contribution in [3.8, 4) is 0 Å². The fourth-order valence-electron chi connectivity index (χ4n) is 1.67. The third kappa shape index (κ3) is 3.18. The molecule has 1 N–H and O–H groups in total. The normalized spacial score (nSPS) is 25.4. The summed E-state index contributed by atoms with van der Waals surface area (Å²) >= 11 is 9.15. The Labute approximate surface area is 111 Å². The predicted octanol–water partition coefficient (Wildman–Crippen LogP) is 2.82. The molecule has 3 nitrogen and oxygen atoms in total. The van der Waals surface area contributed by atoms with Gasteiger partial charge >= 0.3 is 0 Å². The molecular weight excluding hydrogens is 312 g/mol. The van der Waals surface area contributed by atoms with E-state index in [9.17, 15) is 4.21 Å². The second kappa shape index (κ2) is 5.47. The van der Waals surface area contributed by atoms with Gasteiger partial charge in [0.25, 0.3) is 0 Å². The Morgan fingerprint density at radius 2 is 2.19 bits per heavy atom.